The van der Waals surface area contributed by atoms with Crippen LogP contribution in [0.25, 0.3) is 10.8 Å². The fourth-order valence-corrected chi connectivity index (χ4v) is 5.02. The molecule has 0 saturated carbocycles. The van der Waals surface area contributed by atoms with Gasteiger partial charge >= 0.3 is 6.03 Å². The maximum Gasteiger partial charge on any atom is 0.325 e. The summed E-state index contributed by atoms with van der Waals surface area (Å²) < 4.78 is 0.651. The van der Waals surface area contributed by atoms with E-state index in [-0.39, 0.29) is 12.5 Å². The molecule has 3 aromatic rings. The third-order valence-corrected chi connectivity index (χ3v) is 6.82. The van der Waals surface area contributed by atoms with E-state index >= 15 is 0 Å². The van der Waals surface area contributed by atoms with E-state index in [0.717, 1.165) is 20.5 Å². The molecule has 4 amide bonds. The third-order valence-electron chi connectivity index (χ3n) is 5.61. The third kappa shape index (κ3) is 3.91. The molecule has 1 saturated heterocycles. The van der Waals surface area contributed by atoms with Gasteiger partial charge in [0.1, 0.15) is 12.1 Å². The van der Waals surface area contributed by atoms with Crippen LogP contribution in [0, 0.1) is 0 Å². The summed E-state index contributed by atoms with van der Waals surface area (Å²) in [5.41, 5.74) is -0.532. The molecule has 1 fully saturated rings. The fourth-order valence-electron chi connectivity index (χ4n) is 3.92. The Bertz CT molecular complexity index is 1170. The lowest BCUT2D eigenvalue weighted by Crippen LogP contribution is -2.44. The van der Waals surface area contributed by atoms with Crippen molar-refractivity contribution in [3.05, 3.63) is 69.4 Å². The number of carbonyl (C=O) groups is 3. The van der Waals surface area contributed by atoms with Gasteiger partial charge in [0.05, 0.1) is 10.9 Å². The molecule has 4 rings (SSSR count). The molecule has 0 radical (unpaired) electrons. The van der Waals surface area contributed by atoms with Crippen molar-refractivity contribution in [3.8, 4) is 0 Å². The number of fused-ring (bicyclic) bond motifs is 1. The molecule has 1 aromatic heterocycles. The molecule has 0 spiro atoms. The highest BCUT2D eigenvalue weighted by Crippen LogP contribution is 2.34. The van der Waals surface area contributed by atoms with Crippen LogP contribution >= 0.6 is 22.9 Å². The minimum atomic E-state index is -1.24. The second-order valence-electron chi connectivity index (χ2n) is 7.59. The van der Waals surface area contributed by atoms with Crippen LogP contribution < -0.4 is 5.32 Å². The summed E-state index contributed by atoms with van der Waals surface area (Å²) in [5.74, 6) is -0.727. The van der Waals surface area contributed by atoms with Crippen molar-refractivity contribution in [2.24, 2.45) is 0 Å². The van der Waals surface area contributed by atoms with Gasteiger partial charge in [-0.15, -0.1) is 11.3 Å². The van der Waals surface area contributed by atoms with Crippen molar-refractivity contribution < 1.29 is 14.4 Å². The number of benzene rings is 2. The quantitative estimate of drug-likeness (QED) is 0.561. The molecule has 1 N–H and O–H groups in total. The van der Waals surface area contributed by atoms with Gasteiger partial charge in [-0.1, -0.05) is 54.1 Å². The summed E-state index contributed by atoms with van der Waals surface area (Å²) in [7, 11) is 0. The van der Waals surface area contributed by atoms with Crippen LogP contribution in [0.2, 0.25) is 4.34 Å². The SMILES string of the molecule is CCN(Cc1ccc(Cl)s1)C(=O)CN1C(=O)N[C@@](C)(c2cccc3ccccc23)C1=O. The summed E-state index contributed by atoms with van der Waals surface area (Å²) in [5, 5.41) is 4.67. The first-order chi connectivity index (χ1) is 14.8. The number of likely N-dealkylation sites (N-methyl/N-ethyl adjacent to an activating group) is 1. The molecule has 2 heterocycles. The first kappa shape index (κ1) is 21.3. The molecule has 1 aliphatic heterocycles. The van der Waals surface area contributed by atoms with E-state index in [1.54, 1.807) is 17.9 Å². The van der Waals surface area contributed by atoms with Gasteiger partial charge in [-0.05, 0) is 42.3 Å². The Balaban J connectivity index is 1.57. The Hall–Kier alpha value is -2.90. The van der Waals surface area contributed by atoms with E-state index in [4.69, 9.17) is 11.6 Å². The molecule has 0 unspecified atom stereocenters. The maximum absolute atomic E-state index is 13.3. The van der Waals surface area contributed by atoms with Crippen LogP contribution in [-0.4, -0.2) is 40.7 Å². The summed E-state index contributed by atoms with van der Waals surface area (Å²) in [4.78, 5) is 42.5. The van der Waals surface area contributed by atoms with Crippen LogP contribution in [0.1, 0.15) is 24.3 Å². The van der Waals surface area contributed by atoms with Crippen LogP contribution in [0.4, 0.5) is 4.79 Å². The number of thiophene rings is 1. The van der Waals surface area contributed by atoms with Crippen molar-refractivity contribution in [2.75, 3.05) is 13.1 Å². The van der Waals surface area contributed by atoms with Crippen LogP contribution in [-0.2, 0) is 21.7 Å². The molecular weight excluding hydrogens is 434 g/mol. The number of amides is 4. The Labute approximate surface area is 189 Å². The van der Waals surface area contributed by atoms with Crippen molar-refractivity contribution in [1.82, 2.24) is 15.1 Å². The summed E-state index contributed by atoms with van der Waals surface area (Å²) in [6.07, 6.45) is 0. The highest BCUT2D eigenvalue weighted by molar-refractivity contribution is 7.16. The minimum absolute atomic E-state index is 0.294. The number of imide groups is 1. The van der Waals surface area contributed by atoms with Crippen LogP contribution in [0.15, 0.2) is 54.6 Å². The highest BCUT2D eigenvalue weighted by Gasteiger charge is 2.50. The monoisotopic (exact) mass is 455 g/mol. The predicted molar refractivity (Wildman–Crippen MR) is 122 cm³/mol. The predicted octanol–water partition coefficient (Wildman–Crippen LogP) is 4.37. The van der Waals surface area contributed by atoms with Gasteiger partial charge in [-0.3, -0.25) is 14.5 Å². The molecule has 160 valence electrons. The van der Waals surface area contributed by atoms with Crippen LogP contribution in [0.5, 0.6) is 0 Å². The Kier molecular flexibility index (Phi) is 5.73. The first-order valence-electron chi connectivity index (χ1n) is 9.98. The van der Waals surface area contributed by atoms with E-state index in [1.165, 1.54) is 11.3 Å². The zero-order chi connectivity index (χ0) is 22.2. The lowest BCUT2D eigenvalue weighted by atomic mass is 9.88. The number of hydrogen-bond acceptors (Lipinski definition) is 4. The van der Waals surface area contributed by atoms with Gasteiger partial charge in [0.15, 0.2) is 0 Å². The van der Waals surface area contributed by atoms with E-state index < -0.39 is 17.5 Å². The Morgan fingerprint density at radius 3 is 2.58 bits per heavy atom. The van der Waals surface area contributed by atoms with Gasteiger partial charge in [0.2, 0.25) is 5.91 Å². The average molecular weight is 456 g/mol. The molecular formula is C23H22ClN3O3S. The first-order valence-corrected chi connectivity index (χ1v) is 11.2. The summed E-state index contributed by atoms with van der Waals surface area (Å²) in [6.45, 7) is 4.08. The van der Waals surface area contributed by atoms with Crippen molar-refractivity contribution in [1.29, 1.82) is 0 Å². The number of carbonyl (C=O) groups excluding carboxylic acids is 3. The van der Waals surface area contributed by atoms with Crippen LogP contribution in [0.3, 0.4) is 0 Å². The summed E-state index contributed by atoms with van der Waals surface area (Å²) >= 11 is 7.39. The normalized spacial score (nSPS) is 18.5. The number of urea groups is 1. The summed E-state index contributed by atoms with van der Waals surface area (Å²) in [6, 6.07) is 16.5. The Morgan fingerprint density at radius 2 is 1.87 bits per heavy atom. The zero-order valence-corrected chi connectivity index (χ0v) is 18.8. The molecule has 1 aliphatic rings. The van der Waals surface area contributed by atoms with Crippen molar-refractivity contribution >= 4 is 51.6 Å². The van der Waals surface area contributed by atoms with Crippen molar-refractivity contribution in [2.45, 2.75) is 25.9 Å². The average Bonchev–Trinajstić information content (AvgIpc) is 3.27. The molecule has 31 heavy (non-hydrogen) atoms. The van der Waals surface area contributed by atoms with Gasteiger partial charge in [-0.2, -0.15) is 0 Å². The van der Waals surface area contributed by atoms with E-state index in [2.05, 4.69) is 5.32 Å². The molecule has 1 atom stereocenters. The number of nitrogens with zero attached hydrogens (tertiary/aromatic N) is 2. The fraction of sp³-hybridized carbons (Fsp3) is 0.261. The zero-order valence-electron chi connectivity index (χ0n) is 17.2. The molecule has 0 aliphatic carbocycles. The number of halogens is 1. The van der Waals surface area contributed by atoms with E-state index in [9.17, 15) is 14.4 Å². The van der Waals surface area contributed by atoms with Gasteiger partial charge < -0.3 is 10.2 Å². The lowest BCUT2D eigenvalue weighted by Gasteiger charge is -2.25. The number of nitrogens with one attached hydrogen (secondary N) is 1. The van der Waals surface area contributed by atoms with Gasteiger partial charge in [0, 0.05) is 11.4 Å². The van der Waals surface area contributed by atoms with E-state index in [0.29, 0.717) is 23.0 Å². The number of hydrogen-bond donors (Lipinski definition) is 1. The smallest absolute Gasteiger partial charge is 0.325 e. The molecule has 8 heteroatoms. The van der Waals surface area contributed by atoms with Crippen molar-refractivity contribution in [3.63, 3.8) is 0 Å². The second kappa shape index (κ2) is 8.32. The lowest BCUT2D eigenvalue weighted by molar-refractivity contribution is -0.139. The Morgan fingerprint density at radius 1 is 1.13 bits per heavy atom. The molecule has 2 aromatic carbocycles. The molecule has 6 nitrogen and oxygen atoms in total. The second-order valence-corrected chi connectivity index (χ2v) is 9.39. The topological polar surface area (TPSA) is 69.7 Å². The standard InChI is InChI=1S/C23H22ClN3O3S/c1-3-26(13-16-11-12-19(24)31-16)20(28)14-27-21(29)23(2,25-22(27)30)18-10-6-8-15-7-4-5-9-17(15)18/h4-12H,3,13-14H2,1-2H3,(H,25,30)/t23-/m0/s1. The minimum Gasteiger partial charge on any atom is -0.336 e. The molecule has 0 bridgehead atoms. The largest absolute Gasteiger partial charge is 0.336 e. The van der Waals surface area contributed by atoms with E-state index in [1.807, 2.05) is 55.5 Å². The highest BCUT2D eigenvalue weighted by atomic mass is 35.5. The number of rotatable bonds is 6. The maximum atomic E-state index is 13.3. The van der Waals surface area contributed by atoms with Gasteiger partial charge in [-0.25, -0.2) is 4.79 Å². The van der Waals surface area contributed by atoms with Gasteiger partial charge in [0.25, 0.3) is 5.91 Å².